The molecule has 0 bridgehead atoms. The Balaban J connectivity index is 1.64. The van der Waals surface area contributed by atoms with Crippen molar-refractivity contribution in [3.8, 4) is 0 Å². The van der Waals surface area contributed by atoms with Crippen molar-refractivity contribution in [2.24, 2.45) is 0 Å². The maximum atomic E-state index is 12.7. The molecular formula is C18H22N4O2. The van der Waals surface area contributed by atoms with E-state index in [2.05, 4.69) is 18.8 Å². The normalized spacial score (nSPS) is 15.0. The Hall–Kier alpha value is -2.63. The van der Waals surface area contributed by atoms with Gasteiger partial charge in [0.1, 0.15) is 5.69 Å². The SMILES string of the molecule is CC(C)n1cccc1C(=O)N1CCN(C(=O)c2cccnc2)CC1. The van der Waals surface area contributed by atoms with Crippen molar-refractivity contribution in [3.05, 3.63) is 54.1 Å². The van der Waals surface area contributed by atoms with Crippen molar-refractivity contribution >= 4 is 11.8 Å². The summed E-state index contributed by atoms with van der Waals surface area (Å²) in [5.41, 5.74) is 1.29. The summed E-state index contributed by atoms with van der Waals surface area (Å²) in [6.07, 6.45) is 5.16. The van der Waals surface area contributed by atoms with E-state index in [1.54, 1.807) is 29.4 Å². The molecular weight excluding hydrogens is 304 g/mol. The highest BCUT2D eigenvalue weighted by molar-refractivity contribution is 5.95. The molecule has 1 saturated heterocycles. The zero-order chi connectivity index (χ0) is 17.1. The van der Waals surface area contributed by atoms with E-state index in [4.69, 9.17) is 0 Å². The molecule has 0 atom stereocenters. The third-order valence-corrected chi connectivity index (χ3v) is 4.32. The number of piperazine rings is 1. The van der Waals surface area contributed by atoms with E-state index in [1.807, 2.05) is 27.8 Å². The summed E-state index contributed by atoms with van der Waals surface area (Å²) in [6.45, 7) is 6.30. The molecule has 2 amide bonds. The van der Waals surface area contributed by atoms with Gasteiger partial charge < -0.3 is 14.4 Å². The molecule has 0 unspecified atom stereocenters. The first-order valence-corrected chi connectivity index (χ1v) is 8.23. The average molecular weight is 326 g/mol. The van der Waals surface area contributed by atoms with Crippen LogP contribution in [-0.4, -0.2) is 57.3 Å². The summed E-state index contributed by atoms with van der Waals surface area (Å²) in [4.78, 5) is 32.7. The lowest BCUT2D eigenvalue weighted by molar-refractivity contribution is 0.0528. The van der Waals surface area contributed by atoms with E-state index < -0.39 is 0 Å². The Morgan fingerprint density at radius 3 is 2.25 bits per heavy atom. The number of aromatic nitrogens is 2. The summed E-state index contributed by atoms with van der Waals surface area (Å²) in [5.74, 6) is 0.00271. The number of pyridine rings is 1. The predicted molar refractivity (Wildman–Crippen MR) is 90.9 cm³/mol. The maximum absolute atomic E-state index is 12.7. The topological polar surface area (TPSA) is 58.4 Å². The van der Waals surface area contributed by atoms with Crippen molar-refractivity contribution in [1.82, 2.24) is 19.4 Å². The van der Waals surface area contributed by atoms with Crippen LogP contribution in [0.1, 0.15) is 40.7 Å². The van der Waals surface area contributed by atoms with Gasteiger partial charge in [0.15, 0.2) is 0 Å². The van der Waals surface area contributed by atoms with Crippen molar-refractivity contribution < 1.29 is 9.59 Å². The molecule has 0 saturated carbocycles. The highest BCUT2D eigenvalue weighted by Crippen LogP contribution is 2.15. The second-order valence-electron chi connectivity index (χ2n) is 6.22. The number of amides is 2. The highest BCUT2D eigenvalue weighted by atomic mass is 16.2. The van der Waals surface area contributed by atoms with Gasteiger partial charge in [-0.05, 0) is 38.1 Å². The fourth-order valence-electron chi connectivity index (χ4n) is 2.97. The molecule has 6 heteroatoms. The van der Waals surface area contributed by atoms with Crippen molar-refractivity contribution in [3.63, 3.8) is 0 Å². The summed E-state index contributed by atoms with van der Waals surface area (Å²) in [7, 11) is 0. The van der Waals surface area contributed by atoms with Crippen LogP contribution in [0, 0.1) is 0 Å². The van der Waals surface area contributed by atoms with Gasteiger partial charge in [0.2, 0.25) is 0 Å². The number of nitrogens with zero attached hydrogens (tertiary/aromatic N) is 4. The lowest BCUT2D eigenvalue weighted by Gasteiger charge is -2.35. The second kappa shape index (κ2) is 6.86. The van der Waals surface area contributed by atoms with Crippen LogP contribution in [-0.2, 0) is 0 Å². The molecule has 3 rings (SSSR count). The largest absolute Gasteiger partial charge is 0.341 e. The first-order chi connectivity index (χ1) is 11.6. The Labute approximate surface area is 141 Å². The van der Waals surface area contributed by atoms with E-state index in [-0.39, 0.29) is 17.9 Å². The predicted octanol–water partition coefficient (Wildman–Crippen LogP) is 2.06. The van der Waals surface area contributed by atoms with Gasteiger partial charge in [-0.1, -0.05) is 0 Å². The number of hydrogen-bond donors (Lipinski definition) is 0. The molecule has 24 heavy (non-hydrogen) atoms. The van der Waals surface area contributed by atoms with Crippen LogP contribution in [0.5, 0.6) is 0 Å². The first-order valence-electron chi connectivity index (χ1n) is 8.23. The molecule has 1 fully saturated rings. The van der Waals surface area contributed by atoms with Crippen LogP contribution in [0.15, 0.2) is 42.9 Å². The van der Waals surface area contributed by atoms with E-state index in [9.17, 15) is 9.59 Å². The molecule has 0 aromatic carbocycles. The van der Waals surface area contributed by atoms with E-state index in [0.29, 0.717) is 37.4 Å². The van der Waals surface area contributed by atoms with Crippen LogP contribution >= 0.6 is 0 Å². The van der Waals surface area contributed by atoms with Crippen molar-refractivity contribution in [2.75, 3.05) is 26.2 Å². The monoisotopic (exact) mass is 326 g/mol. The average Bonchev–Trinajstić information content (AvgIpc) is 3.11. The molecule has 1 aliphatic rings. The standard InChI is InChI=1S/C18H22N4O2/c1-14(2)22-8-4-6-16(22)18(24)21-11-9-20(10-12-21)17(23)15-5-3-7-19-13-15/h3-8,13-14H,9-12H2,1-2H3. The Bertz CT molecular complexity index is 716. The van der Waals surface area contributed by atoms with Gasteiger partial charge in [-0.15, -0.1) is 0 Å². The van der Waals surface area contributed by atoms with Gasteiger partial charge in [0.05, 0.1) is 5.56 Å². The van der Waals surface area contributed by atoms with Gasteiger partial charge in [-0.25, -0.2) is 0 Å². The quantitative estimate of drug-likeness (QED) is 0.867. The van der Waals surface area contributed by atoms with Crippen molar-refractivity contribution in [1.29, 1.82) is 0 Å². The number of hydrogen-bond acceptors (Lipinski definition) is 3. The van der Waals surface area contributed by atoms with Crippen molar-refractivity contribution in [2.45, 2.75) is 19.9 Å². The Kier molecular flexibility index (Phi) is 4.64. The molecule has 6 nitrogen and oxygen atoms in total. The van der Waals surface area contributed by atoms with Crippen LogP contribution in [0.4, 0.5) is 0 Å². The van der Waals surface area contributed by atoms with Crippen LogP contribution in [0.2, 0.25) is 0 Å². The smallest absolute Gasteiger partial charge is 0.270 e. The van der Waals surface area contributed by atoms with Gasteiger partial charge in [-0.3, -0.25) is 14.6 Å². The van der Waals surface area contributed by atoms with Crippen LogP contribution in [0.3, 0.4) is 0 Å². The lowest BCUT2D eigenvalue weighted by Crippen LogP contribution is -2.50. The molecule has 3 heterocycles. The maximum Gasteiger partial charge on any atom is 0.270 e. The summed E-state index contributed by atoms with van der Waals surface area (Å²) in [6, 6.07) is 7.52. The minimum absolute atomic E-state index is 0.0271. The summed E-state index contributed by atoms with van der Waals surface area (Å²) < 4.78 is 1.98. The van der Waals surface area contributed by atoms with E-state index >= 15 is 0 Å². The summed E-state index contributed by atoms with van der Waals surface area (Å²) in [5, 5.41) is 0. The van der Waals surface area contributed by atoms with Gasteiger partial charge in [-0.2, -0.15) is 0 Å². The fourth-order valence-corrected chi connectivity index (χ4v) is 2.97. The number of rotatable bonds is 3. The van der Waals surface area contributed by atoms with Crippen LogP contribution < -0.4 is 0 Å². The number of carbonyl (C=O) groups excluding carboxylic acids is 2. The third-order valence-electron chi connectivity index (χ3n) is 4.32. The molecule has 1 aliphatic heterocycles. The molecule has 0 radical (unpaired) electrons. The fraction of sp³-hybridized carbons (Fsp3) is 0.389. The minimum atomic E-state index is -0.0271. The third kappa shape index (κ3) is 3.18. The Morgan fingerprint density at radius 1 is 1.00 bits per heavy atom. The molecule has 0 spiro atoms. The Morgan fingerprint density at radius 2 is 1.67 bits per heavy atom. The molecule has 126 valence electrons. The lowest BCUT2D eigenvalue weighted by atomic mass is 10.2. The molecule has 0 N–H and O–H groups in total. The summed E-state index contributed by atoms with van der Waals surface area (Å²) >= 11 is 0. The highest BCUT2D eigenvalue weighted by Gasteiger charge is 2.27. The number of carbonyl (C=O) groups is 2. The second-order valence-corrected chi connectivity index (χ2v) is 6.22. The van der Waals surface area contributed by atoms with Gasteiger partial charge in [0.25, 0.3) is 11.8 Å². The minimum Gasteiger partial charge on any atom is -0.341 e. The van der Waals surface area contributed by atoms with Gasteiger partial charge in [0, 0.05) is 50.8 Å². The van der Waals surface area contributed by atoms with E-state index in [1.165, 1.54) is 0 Å². The zero-order valence-electron chi connectivity index (χ0n) is 14.1. The molecule has 2 aromatic rings. The molecule has 0 aliphatic carbocycles. The van der Waals surface area contributed by atoms with E-state index in [0.717, 1.165) is 0 Å². The van der Waals surface area contributed by atoms with Crippen LogP contribution in [0.25, 0.3) is 0 Å². The molecule has 2 aromatic heterocycles. The first kappa shape index (κ1) is 16.2. The van der Waals surface area contributed by atoms with Gasteiger partial charge >= 0.3 is 0 Å². The zero-order valence-corrected chi connectivity index (χ0v) is 14.1.